The maximum atomic E-state index is 12.2. The summed E-state index contributed by atoms with van der Waals surface area (Å²) in [5, 5.41) is 6.37. The summed E-state index contributed by atoms with van der Waals surface area (Å²) >= 11 is 0. The molecule has 1 aromatic heterocycles. The molecule has 0 bridgehead atoms. The van der Waals surface area contributed by atoms with Crippen molar-refractivity contribution in [1.82, 2.24) is 14.9 Å². The van der Waals surface area contributed by atoms with Crippen molar-refractivity contribution in [2.24, 2.45) is 5.92 Å². The van der Waals surface area contributed by atoms with Crippen molar-refractivity contribution < 1.29 is 4.79 Å². The number of benzene rings is 1. The zero-order valence-electron chi connectivity index (χ0n) is 12.0. The minimum absolute atomic E-state index is 0.0214. The van der Waals surface area contributed by atoms with Gasteiger partial charge in [0.15, 0.2) is 0 Å². The highest BCUT2D eigenvalue weighted by molar-refractivity contribution is 5.80. The van der Waals surface area contributed by atoms with E-state index < -0.39 is 0 Å². The number of anilines is 1. The molecule has 0 aliphatic carbocycles. The van der Waals surface area contributed by atoms with Crippen molar-refractivity contribution in [3.8, 4) is 0 Å². The Morgan fingerprint density at radius 3 is 3.19 bits per heavy atom. The lowest BCUT2D eigenvalue weighted by Gasteiger charge is -2.25. The Bertz CT molecular complexity index is 594. The number of rotatable bonds is 5. The Hall–Kier alpha value is -2.30. The lowest BCUT2D eigenvalue weighted by Crippen LogP contribution is -2.38. The molecular weight excluding hydrogens is 264 g/mol. The molecule has 0 fully saturated rings. The quantitative estimate of drug-likeness (QED) is 0.821. The van der Waals surface area contributed by atoms with Gasteiger partial charge >= 0.3 is 0 Å². The van der Waals surface area contributed by atoms with Crippen molar-refractivity contribution in [3.63, 3.8) is 0 Å². The van der Waals surface area contributed by atoms with Gasteiger partial charge in [-0.25, -0.2) is 4.98 Å². The molecule has 3 rings (SSSR count). The number of nitrogens with one attached hydrogen (secondary N) is 2. The molecule has 5 heteroatoms. The van der Waals surface area contributed by atoms with Gasteiger partial charge in [0.1, 0.15) is 0 Å². The smallest absolute Gasteiger partial charge is 0.225 e. The Morgan fingerprint density at radius 2 is 2.33 bits per heavy atom. The summed E-state index contributed by atoms with van der Waals surface area (Å²) in [6, 6.07) is 8.18. The third-order valence-electron chi connectivity index (χ3n) is 3.84. The summed E-state index contributed by atoms with van der Waals surface area (Å²) in [6.45, 7) is 2.30. The minimum atomic E-state index is 0.0214. The summed E-state index contributed by atoms with van der Waals surface area (Å²) in [5.41, 5.74) is 2.38. The predicted octanol–water partition coefficient (Wildman–Crippen LogP) is 1.67. The van der Waals surface area contributed by atoms with E-state index in [1.165, 1.54) is 5.56 Å². The van der Waals surface area contributed by atoms with Crippen LogP contribution in [0.2, 0.25) is 0 Å². The number of amides is 1. The Balaban J connectivity index is 1.44. The van der Waals surface area contributed by atoms with Crippen LogP contribution in [0.25, 0.3) is 0 Å². The van der Waals surface area contributed by atoms with Gasteiger partial charge in [0.05, 0.1) is 12.2 Å². The van der Waals surface area contributed by atoms with Crippen LogP contribution in [-0.4, -0.2) is 28.5 Å². The number of aryl methyl sites for hydroxylation is 1. The van der Waals surface area contributed by atoms with Gasteiger partial charge in [0.2, 0.25) is 5.91 Å². The third kappa shape index (κ3) is 3.42. The van der Waals surface area contributed by atoms with E-state index in [1.54, 1.807) is 12.5 Å². The number of para-hydroxylation sites is 1. The molecular formula is C16H20N4O. The average molecular weight is 284 g/mol. The van der Waals surface area contributed by atoms with Crippen molar-refractivity contribution in [3.05, 3.63) is 48.5 Å². The van der Waals surface area contributed by atoms with Crippen molar-refractivity contribution in [2.75, 3.05) is 18.4 Å². The number of hydrogen-bond acceptors (Lipinski definition) is 3. The number of aromatic nitrogens is 2. The second-order valence-corrected chi connectivity index (χ2v) is 5.38. The standard InChI is InChI=1S/C16H20N4O/c21-16(18-6-3-8-20-9-7-17-12-20)14-10-13-4-1-2-5-15(13)19-11-14/h1-2,4-5,7,9,12,14,19H,3,6,8,10-11H2,(H,18,21). The van der Waals surface area contributed by atoms with Crippen LogP contribution in [0.4, 0.5) is 5.69 Å². The van der Waals surface area contributed by atoms with E-state index in [2.05, 4.69) is 27.8 Å². The lowest BCUT2D eigenvalue weighted by molar-refractivity contribution is -0.124. The number of fused-ring (bicyclic) bond motifs is 1. The van der Waals surface area contributed by atoms with E-state index in [0.717, 1.165) is 25.1 Å². The molecule has 1 aromatic carbocycles. The van der Waals surface area contributed by atoms with E-state index in [4.69, 9.17) is 0 Å². The number of carbonyl (C=O) groups excluding carboxylic acids is 1. The molecule has 1 aliphatic rings. The number of hydrogen-bond donors (Lipinski definition) is 2. The maximum Gasteiger partial charge on any atom is 0.225 e. The second-order valence-electron chi connectivity index (χ2n) is 5.38. The highest BCUT2D eigenvalue weighted by atomic mass is 16.1. The first-order chi connectivity index (χ1) is 10.3. The second kappa shape index (κ2) is 6.43. The predicted molar refractivity (Wildman–Crippen MR) is 82.0 cm³/mol. The Morgan fingerprint density at radius 1 is 1.43 bits per heavy atom. The molecule has 1 unspecified atom stereocenters. The summed E-state index contributed by atoms with van der Waals surface area (Å²) in [6.07, 6.45) is 7.23. The first-order valence-corrected chi connectivity index (χ1v) is 7.38. The number of nitrogens with zero attached hydrogens (tertiary/aromatic N) is 2. The van der Waals surface area contributed by atoms with Crippen LogP contribution >= 0.6 is 0 Å². The normalized spacial score (nSPS) is 16.9. The summed E-state index contributed by atoms with van der Waals surface area (Å²) in [7, 11) is 0. The molecule has 0 radical (unpaired) electrons. The van der Waals surface area contributed by atoms with Crippen molar-refractivity contribution >= 4 is 11.6 Å². The molecule has 2 aromatic rings. The van der Waals surface area contributed by atoms with Gasteiger partial charge in [-0.15, -0.1) is 0 Å². The van der Waals surface area contributed by atoms with Crippen LogP contribution in [0.3, 0.4) is 0 Å². The molecule has 21 heavy (non-hydrogen) atoms. The molecule has 2 heterocycles. The lowest BCUT2D eigenvalue weighted by atomic mass is 9.93. The molecule has 1 amide bonds. The third-order valence-corrected chi connectivity index (χ3v) is 3.84. The molecule has 2 N–H and O–H groups in total. The van der Waals surface area contributed by atoms with Crippen LogP contribution in [0.15, 0.2) is 43.0 Å². The zero-order chi connectivity index (χ0) is 14.5. The van der Waals surface area contributed by atoms with E-state index in [-0.39, 0.29) is 11.8 Å². The Labute approximate surface area is 124 Å². The fourth-order valence-electron chi connectivity index (χ4n) is 2.66. The summed E-state index contributed by atoms with van der Waals surface area (Å²) in [5.74, 6) is 0.163. The molecule has 0 saturated heterocycles. The SMILES string of the molecule is O=C(NCCCn1ccnc1)C1CNc2ccccc2C1. The number of imidazole rings is 1. The first kappa shape index (κ1) is 13.7. The van der Waals surface area contributed by atoms with Crippen LogP contribution in [0.1, 0.15) is 12.0 Å². The molecule has 5 nitrogen and oxygen atoms in total. The molecule has 0 saturated carbocycles. The highest BCUT2D eigenvalue weighted by Crippen LogP contribution is 2.24. The van der Waals surface area contributed by atoms with Crippen LogP contribution < -0.4 is 10.6 Å². The van der Waals surface area contributed by atoms with E-state index >= 15 is 0 Å². The van der Waals surface area contributed by atoms with Gasteiger partial charge in [-0.3, -0.25) is 4.79 Å². The fourth-order valence-corrected chi connectivity index (χ4v) is 2.66. The van der Waals surface area contributed by atoms with Gasteiger partial charge in [0.25, 0.3) is 0 Å². The zero-order valence-corrected chi connectivity index (χ0v) is 12.0. The van der Waals surface area contributed by atoms with Crippen molar-refractivity contribution in [1.29, 1.82) is 0 Å². The van der Waals surface area contributed by atoms with E-state index in [0.29, 0.717) is 13.1 Å². The maximum absolute atomic E-state index is 12.2. The van der Waals surface area contributed by atoms with Gasteiger partial charge in [-0.2, -0.15) is 0 Å². The largest absolute Gasteiger partial charge is 0.384 e. The molecule has 0 spiro atoms. The summed E-state index contributed by atoms with van der Waals surface area (Å²) < 4.78 is 2.02. The highest BCUT2D eigenvalue weighted by Gasteiger charge is 2.23. The van der Waals surface area contributed by atoms with Crippen LogP contribution in [0, 0.1) is 5.92 Å². The average Bonchev–Trinajstić information content (AvgIpc) is 3.04. The van der Waals surface area contributed by atoms with Crippen molar-refractivity contribution in [2.45, 2.75) is 19.4 Å². The van der Waals surface area contributed by atoms with Gasteiger partial charge in [0, 0.05) is 37.7 Å². The monoisotopic (exact) mass is 284 g/mol. The molecule has 1 atom stereocenters. The summed E-state index contributed by atoms with van der Waals surface area (Å²) in [4.78, 5) is 16.2. The van der Waals surface area contributed by atoms with Crippen LogP contribution in [0.5, 0.6) is 0 Å². The number of carbonyl (C=O) groups is 1. The molecule has 110 valence electrons. The van der Waals surface area contributed by atoms with E-state index in [9.17, 15) is 4.79 Å². The topological polar surface area (TPSA) is 59.0 Å². The fraction of sp³-hybridized carbons (Fsp3) is 0.375. The molecule has 1 aliphatic heterocycles. The van der Waals surface area contributed by atoms with Gasteiger partial charge in [-0.1, -0.05) is 18.2 Å². The first-order valence-electron chi connectivity index (χ1n) is 7.38. The van der Waals surface area contributed by atoms with E-state index in [1.807, 2.05) is 22.9 Å². The van der Waals surface area contributed by atoms with Crippen LogP contribution in [-0.2, 0) is 17.8 Å². The van der Waals surface area contributed by atoms with Gasteiger partial charge < -0.3 is 15.2 Å². The Kier molecular flexibility index (Phi) is 4.19. The van der Waals surface area contributed by atoms with Gasteiger partial charge in [-0.05, 0) is 24.5 Å². The minimum Gasteiger partial charge on any atom is -0.384 e.